The highest BCUT2D eigenvalue weighted by Gasteiger charge is 2.16. The number of allylic oxidation sites excluding steroid dienone is 1. The minimum absolute atomic E-state index is 0.0607. The Hall–Kier alpha value is -2.72. The lowest BCUT2D eigenvalue weighted by Gasteiger charge is -2.10. The van der Waals surface area contributed by atoms with Gasteiger partial charge in [0.2, 0.25) is 0 Å². The monoisotopic (exact) mass is 329 g/mol. The van der Waals surface area contributed by atoms with Crippen molar-refractivity contribution in [3.8, 4) is 11.5 Å². The van der Waals surface area contributed by atoms with Crippen molar-refractivity contribution in [2.75, 3.05) is 0 Å². The van der Waals surface area contributed by atoms with Gasteiger partial charge >= 0.3 is 0 Å². The predicted octanol–water partition coefficient (Wildman–Crippen LogP) is 2.28. The lowest BCUT2D eigenvalue weighted by atomic mass is 10.1. The molecule has 0 spiro atoms. The van der Waals surface area contributed by atoms with Crippen LogP contribution in [-0.2, 0) is 0 Å². The molecule has 1 amide bonds. The van der Waals surface area contributed by atoms with Crippen LogP contribution in [0.5, 0.6) is 11.5 Å². The van der Waals surface area contributed by atoms with Gasteiger partial charge in [-0.15, -0.1) is 0 Å². The fourth-order valence-corrected chi connectivity index (χ4v) is 2.31. The van der Waals surface area contributed by atoms with E-state index >= 15 is 0 Å². The van der Waals surface area contributed by atoms with Crippen molar-refractivity contribution in [2.24, 2.45) is 0 Å². The largest absolute Gasteiger partial charge is 0.504 e. The van der Waals surface area contributed by atoms with Crippen molar-refractivity contribution in [1.82, 2.24) is 5.32 Å². The minimum atomic E-state index is -0.524. The van der Waals surface area contributed by atoms with Crippen molar-refractivity contribution >= 4 is 29.8 Å². The molecule has 0 aliphatic rings. The summed E-state index contributed by atoms with van der Waals surface area (Å²) in [5, 5.41) is 23.1. The number of carbonyl (C=O) groups excluding carboxylic acids is 1. The van der Waals surface area contributed by atoms with E-state index in [0.29, 0.717) is 5.70 Å². The average molecular weight is 330 g/mol. The van der Waals surface area contributed by atoms with Gasteiger partial charge in [-0.1, -0.05) is 48.5 Å². The molecule has 0 bridgehead atoms. The molecule has 118 valence electrons. The minimum Gasteiger partial charge on any atom is -0.504 e. The number of rotatable bonds is 3. The van der Waals surface area contributed by atoms with Crippen molar-refractivity contribution in [3.63, 3.8) is 0 Å². The van der Waals surface area contributed by atoms with Gasteiger partial charge in [0.05, 0.1) is 10.6 Å². The number of halogens is 1. The summed E-state index contributed by atoms with van der Waals surface area (Å²) >= 11 is 5.92. The number of carbonyl (C=O) groups is 1. The SMILES string of the molecule is C=c1cccc/c1=C(/C=C\C)NC(=O)c1ccc(O)c(O)c1Cl. The molecule has 0 saturated carbocycles. The smallest absolute Gasteiger partial charge is 0.257 e. The van der Waals surface area contributed by atoms with Crippen molar-refractivity contribution in [3.05, 3.63) is 69.6 Å². The molecule has 0 aromatic heterocycles. The maximum absolute atomic E-state index is 12.4. The van der Waals surface area contributed by atoms with E-state index in [4.69, 9.17) is 11.6 Å². The van der Waals surface area contributed by atoms with Crippen LogP contribution in [0.2, 0.25) is 5.02 Å². The van der Waals surface area contributed by atoms with Crippen molar-refractivity contribution in [1.29, 1.82) is 0 Å². The number of hydrogen-bond donors (Lipinski definition) is 3. The standard InChI is InChI=1S/C18H16ClNO3/c1-3-6-14(12-8-5-4-7-11(12)2)20-18(23)13-9-10-15(21)17(22)16(13)19/h3-10,21-22H,2H2,1H3,(H,20,23)/b6-3-,14-12+. The van der Waals surface area contributed by atoms with E-state index in [-0.39, 0.29) is 16.3 Å². The van der Waals surface area contributed by atoms with Crippen LogP contribution in [0, 0.1) is 0 Å². The Morgan fingerprint density at radius 2 is 1.91 bits per heavy atom. The molecule has 5 heteroatoms. The molecule has 4 nitrogen and oxygen atoms in total. The van der Waals surface area contributed by atoms with Crippen LogP contribution in [0.4, 0.5) is 0 Å². The van der Waals surface area contributed by atoms with E-state index in [1.54, 1.807) is 12.2 Å². The summed E-state index contributed by atoms with van der Waals surface area (Å²) in [4.78, 5) is 12.4. The number of nitrogens with one attached hydrogen (secondary N) is 1. The number of phenolic OH excluding ortho intramolecular Hbond substituents is 2. The number of hydrogen-bond acceptors (Lipinski definition) is 3. The molecule has 3 N–H and O–H groups in total. The average Bonchev–Trinajstić information content (AvgIpc) is 2.53. The summed E-state index contributed by atoms with van der Waals surface area (Å²) in [7, 11) is 0. The normalized spacial score (nSPS) is 12.3. The molecule has 2 aromatic rings. The van der Waals surface area contributed by atoms with E-state index in [0.717, 1.165) is 10.4 Å². The molecule has 23 heavy (non-hydrogen) atoms. The van der Waals surface area contributed by atoms with Crippen LogP contribution in [0.1, 0.15) is 17.3 Å². The summed E-state index contributed by atoms with van der Waals surface area (Å²) in [6.07, 6.45) is 3.54. The topological polar surface area (TPSA) is 69.6 Å². The highest BCUT2D eigenvalue weighted by Crippen LogP contribution is 2.35. The highest BCUT2D eigenvalue weighted by atomic mass is 35.5. The van der Waals surface area contributed by atoms with Crippen molar-refractivity contribution in [2.45, 2.75) is 6.92 Å². The fourth-order valence-electron chi connectivity index (χ4n) is 2.07. The van der Waals surface area contributed by atoms with Crippen LogP contribution in [0.25, 0.3) is 12.3 Å². The molecular formula is C18H16ClNO3. The van der Waals surface area contributed by atoms with Gasteiger partial charge in [-0.3, -0.25) is 4.79 Å². The van der Waals surface area contributed by atoms with Gasteiger partial charge < -0.3 is 15.5 Å². The molecule has 0 aliphatic heterocycles. The number of aromatic hydroxyl groups is 2. The zero-order chi connectivity index (χ0) is 17.0. The van der Waals surface area contributed by atoms with Crippen LogP contribution in [0.15, 0.2) is 48.6 Å². The Morgan fingerprint density at radius 1 is 1.22 bits per heavy atom. The Morgan fingerprint density at radius 3 is 2.57 bits per heavy atom. The fraction of sp³-hybridized carbons (Fsp3) is 0.0556. The zero-order valence-corrected chi connectivity index (χ0v) is 13.3. The predicted molar refractivity (Wildman–Crippen MR) is 91.7 cm³/mol. The van der Waals surface area contributed by atoms with Crippen LogP contribution < -0.4 is 15.8 Å². The second-order valence-electron chi connectivity index (χ2n) is 4.82. The van der Waals surface area contributed by atoms with E-state index in [1.807, 2.05) is 31.2 Å². The van der Waals surface area contributed by atoms with E-state index in [2.05, 4.69) is 11.9 Å². The van der Waals surface area contributed by atoms with Crippen LogP contribution >= 0.6 is 11.6 Å². The Labute approximate surface area is 138 Å². The number of phenols is 2. The van der Waals surface area contributed by atoms with E-state index in [1.165, 1.54) is 12.1 Å². The Kier molecular flexibility index (Phi) is 5.09. The number of benzene rings is 2. The molecule has 2 aromatic carbocycles. The Bertz CT molecular complexity index is 888. The lowest BCUT2D eigenvalue weighted by molar-refractivity contribution is 0.0973. The molecule has 0 unspecified atom stereocenters. The second-order valence-corrected chi connectivity index (χ2v) is 5.20. The molecule has 2 rings (SSSR count). The van der Waals surface area contributed by atoms with Crippen molar-refractivity contribution < 1.29 is 15.0 Å². The third-order valence-electron chi connectivity index (χ3n) is 3.23. The van der Waals surface area contributed by atoms with Crippen LogP contribution in [0.3, 0.4) is 0 Å². The molecule has 0 aliphatic carbocycles. The Balaban J connectivity index is 2.50. The second kappa shape index (κ2) is 7.03. The maximum atomic E-state index is 12.4. The first-order valence-electron chi connectivity index (χ1n) is 6.88. The van der Waals surface area contributed by atoms with Gasteiger partial charge in [0.15, 0.2) is 11.5 Å². The first kappa shape index (κ1) is 16.6. The van der Waals surface area contributed by atoms with Gasteiger partial charge in [-0.05, 0) is 30.4 Å². The highest BCUT2D eigenvalue weighted by molar-refractivity contribution is 6.35. The number of amides is 1. The molecular weight excluding hydrogens is 314 g/mol. The third kappa shape index (κ3) is 3.55. The molecule has 0 heterocycles. The summed E-state index contributed by atoms with van der Waals surface area (Å²) in [5.41, 5.74) is 0.622. The third-order valence-corrected chi connectivity index (χ3v) is 3.61. The molecule has 0 fully saturated rings. The van der Waals surface area contributed by atoms with Gasteiger partial charge in [0.1, 0.15) is 0 Å². The van der Waals surface area contributed by atoms with Gasteiger partial charge in [0, 0.05) is 10.9 Å². The summed E-state index contributed by atoms with van der Waals surface area (Å²) in [5.74, 6) is -1.40. The molecule has 0 atom stereocenters. The van der Waals surface area contributed by atoms with Gasteiger partial charge in [0.25, 0.3) is 5.91 Å². The van der Waals surface area contributed by atoms with Gasteiger partial charge in [-0.2, -0.15) is 0 Å². The molecule has 0 radical (unpaired) electrons. The summed E-state index contributed by atoms with van der Waals surface area (Å²) < 4.78 is 0. The first-order chi connectivity index (χ1) is 11.0. The quantitative estimate of drug-likeness (QED) is 0.757. The van der Waals surface area contributed by atoms with Gasteiger partial charge in [-0.25, -0.2) is 0 Å². The zero-order valence-electron chi connectivity index (χ0n) is 12.5. The van der Waals surface area contributed by atoms with Crippen LogP contribution in [-0.4, -0.2) is 16.1 Å². The van der Waals surface area contributed by atoms with E-state index < -0.39 is 11.7 Å². The maximum Gasteiger partial charge on any atom is 0.257 e. The molecule has 0 saturated heterocycles. The first-order valence-corrected chi connectivity index (χ1v) is 7.26. The van der Waals surface area contributed by atoms with E-state index in [9.17, 15) is 15.0 Å². The summed E-state index contributed by atoms with van der Waals surface area (Å²) in [6.45, 7) is 5.77. The lowest BCUT2D eigenvalue weighted by Crippen LogP contribution is -2.33. The summed E-state index contributed by atoms with van der Waals surface area (Å²) in [6, 6.07) is 9.93.